The number of hydrogen-bond donors (Lipinski definition) is 2. The molecule has 0 aromatic heterocycles. The average molecular weight is 227 g/mol. The van der Waals surface area contributed by atoms with Gasteiger partial charge in [-0.3, -0.25) is 5.84 Å². The zero-order chi connectivity index (χ0) is 10.1. The standard InChI is InChI=1S/C8H9F3N2.ClH/c1-5-6(8(9,10)11)3-2-4-7(5)13-12;/h2-4,13H,12H2,1H3;1H. The van der Waals surface area contributed by atoms with Crippen molar-refractivity contribution in [3.8, 4) is 0 Å². The van der Waals surface area contributed by atoms with E-state index in [0.717, 1.165) is 6.07 Å². The largest absolute Gasteiger partial charge is 0.416 e. The Balaban J connectivity index is 0.00000169. The van der Waals surface area contributed by atoms with Crippen molar-refractivity contribution >= 4 is 18.1 Å². The Bertz CT molecular complexity index is 312. The second kappa shape index (κ2) is 4.52. The van der Waals surface area contributed by atoms with Gasteiger partial charge in [0.15, 0.2) is 0 Å². The molecule has 0 fully saturated rings. The smallest absolute Gasteiger partial charge is 0.324 e. The maximum absolute atomic E-state index is 12.3. The first-order valence-electron chi connectivity index (χ1n) is 3.60. The van der Waals surface area contributed by atoms with Gasteiger partial charge in [0, 0.05) is 0 Å². The fourth-order valence-electron chi connectivity index (χ4n) is 1.10. The molecule has 3 N–H and O–H groups in total. The van der Waals surface area contributed by atoms with Crippen LogP contribution in [0.4, 0.5) is 18.9 Å². The summed E-state index contributed by atoms with van der Waals surface area (Å²) in [4.78, 5) is 0. The highest BCUT2D eigenvalue weighted by Gasteiger charge is 2.32. The van der Waals surface area contributed by atoms with E-state index in [0.29, 0.717) is 0 Å². The molecule has 0 atom stereocenters. The van der Waals surface area contributed by atoms with E-state index in [1.807, 2.05) is 0 Å². The minimum Gasteiger partial charge on any atom is -0.324 e. The van der Waals surface area contributed by atoms with Crippen LogP contribution in [-0.2, 0) is 6.18 Å². The second-order valence-electron chi connectivity index (χ2n) is 2.62. The SMILES string of the molecule is Cc1c(NN)cccc1C(F)(F)F.Cl. The number of anilines is 1. The molecule has 1 aromatic rings. The molecule has 0 aliphatic heterocycles. The number of benzene rings is 1. The van der Waals surface area contributed by atoms with Crippen molar-refractivity contribution in [1.82, 2.24) is 0 Å². The summed E-state index contributed by atoms with van der Waals surface area (Å²) in [6.45, 7) is 1.37. The monoisotopic (exact) mass is 226 g/mol. The highest BCUT2D eigenvalue weighted by molar-refractivity contribution is 5.85. The van der Waals surface area contributed by atoms with Crippen LogP contribution < -0.4 is 11.3 Å². The molecule has 0 heterocycles. The summed E-state index contributed by atoms with van der Waals surface area (Å²) in [6, 6.07) is 3.83. The van der Waals surface area contributed by atoms with Gasteiger partial charge in [0.2, 0.25) is 0 Å². The van der Waals surface area contributed by atoms with Crippen LogP contribution in [0.15, 0.2) is 18.2 Å². The molecule has 0 spiro atoms. The number of alkyl halides is 3. The molecule has 1 rings (SSSR count). The topological polar surface area (TPSA) is 38.0 Å². The maximum Gasteiger partial charge on any atom is 0.416 e. The van der Waals surface area contributed by atoms with Crippen LogP contribution in [0, 0.1) is 6.92 Å². The van der Waals surface area contributed by atoms with Crippen molar-refractivity contribution in [3.05, 3.63) is 29.3 Å². The number of halogens is 4. The van der Waals surface area contributed by atoms with E-state index in [9.17, 15) is 13.2 Å². The molecular weight excluding hydrogens is 217 g/mol. The number of nitrogen functional groups attached to an aromatic ring is 1. The van der Waals surface area contributed by atoms with Crippen molar-refractivity contribution in [1.29, 1.82) is 0 Å². The van der Waals surface area contributed by atoms with Crippen LogP contribution >= 0.6 is 12.4 Å². The fraction of sp³-hybridized carbons (Fsp3) is 0.250. The van der Waals surface area contributed by atoms with Gasteiger partial charge >= 0.3 is 6.18 Å². The molecule has 80 valence electrons. The summed E-state index contributed by atoms with van der Waals surface area (Å²) in [5, 5.41) is 0. The molecule has 0 aliphatic carbocycles. The van der Waals surface area contributed by atoms with E-state index in [2.05, 4.69) is 5.43 Å². The van der Waals surface area contributed by atoms with Crippen LogP contribution in [-0.4, -0.2) is 0 Å². The molecule has 0 amide bonds. The molecular formula is C8H10ClF3N2. The Kier molecular flexibility index (Phi) is 4.22. The molecule has 1 aromatic carbocycles. The molecule has 6 heteroatoms. The van der Waals surface area contributed by atoms with Crippen LogP contribution in [0.2, 0.25) is 0 Å². The van der Waals surface area contributed by atoms with Gasteiger partial charge in [-0.15, -0.1) is 12.4 Å². The summed E-state index contributed by atoms with van der Waals surface area (Å²) in [7, 11) is 0. The Morgan fingerprint density at radius 2 is 1.86 bits per heavy atom. The van der Waals surface area contributed by atoms with Crippen LogP contribution in [0.1, 0.15) is 11.1 Å². The van der Waals surface area contributed by atoms with Gasteiger partial charge in [-0.2, -0.15) is 13.2 Å². The minimum atomic E-state index is -4.32. The number of hydrazine groups is 1. The third-order valence-corrected chi connectivity index (χ3v) is 1.79. The summed E-state index contributed by atoms with van der Waals surface area (Å²) in [6.07, 6.45) is -4.32. The van der Waals surface area contributed by atoms with Gasteiger partial charge < -0.3 is 5.43 Å². The van der Waals surface area contributed by atoms with Crippen molar-refractivity contribution in [2.45, 2.75) is 13.1 Å². The first kappa shape index (κ1) is 13.1. The zero-order valence-electron chi connectivity index (χ0n) is 7.35. The molecule has 14 heavy (non-hydrogen) atoms. The first-order chi connectivity index (χ1) is 5.96. The average Bonchev–Trinajstić information content (AvgIpc) is 2.02. The third kappa shape index (κ3) is 2.52. The van der Waals surface area contributed by atoms with Gasteiger partial charge in [-0.25, -0.2) is 0 Å². The van der Waals surface area contributed by atoms with E-state index in [4.69, 9.17) is 5.84 Å². The van der Waals surface area contributed by atoms with E-state index in [1.54, 1.807) is 0 Å². The minimum absolute atomic E-state index is 0. The van der Waals surface area contributed by atoms with Gasteiger partial charge in [0.1, 0.15) is 0 Å². The highest BCUT2D eigenvalue weighted by atomic mass is 35.5. The lowest BCUT2D eigenvalue weighted by Gasteiger charge is -2.12. The molecule has 0 radical (unpaired) electrons. The Labute approximate surface area is 85.7 Å². The Morgan fingerprint density at radius 3 is 2.29 bits per heavy atom. The zero-order valence-corrected chi connectivity index (χ0v) is 8.17. The molecule has 0 saturated heterocycles. The molecule has 2 nitrogen and oxygen atoms in total. The van der Waals surface area contributed by atoms with Crippen molar-refractivity contribution in [2.24, 2.45) is 5.84 Å². The predicted molar refractivity (Wildman–Crippen MR) is 51.2 cm³/mol. The van der Waals surface area contributed by atoms with Crippen LogP contribution in [0.5, 0.6) is 0 Å². The second-order valence-corrected chi connectivity index (χ2v) is 2.62. The Hall–Kier alpha value is -0.940. The van der Waals surface area contributed by atoms with E-state index in [-0.39, 0.29) is 23.7 Å². The van der Waals surface area contributed by atoms with Gasteiger partial charge in [-0.05, 0) is 24.6 Å². The van der Waals surface area contributed by atoms with Crippen molar-refractivity contribution < 1.29 is 13.2 Å². The lowest BCUT2D eigenvalue weighted by molar-refractivity contribution is -0.138. The Morgan fingerprint density at radius 1 is 1.29 bits per heavy atom. The normalized spacial score (nSPS) is 10.6. The summed E-state index contributed by atoms with van der Waals surface area (Å²) in [5.41, 5.74) is 1.94. The summed E-state index contributed by atoms with van der Waals surface area (Å²) < 4.78 is 36.9. The van der Waals surface area contributed by atoms with Crippen LogP contribution in [0.3, 0.4) is 0 Å². The maximum atomic E-state index is 12.3. The predicted octanol–water partition coefficient (Wildman–Crippen LogP) is 2.72. The van der Waals surface area contributed by atoms with E-state index >= 15 is 0 Å². The molecule has 0 saturated carbocycles. The van der Waals surface area contributed by atoms with Gasteiger partial charge in [0.25, 0.3) is 0 Å². The quantitative estimate of drug-likeness (QED) is 0.571. The number of rotatable bonds is 1. The molecule has 0 aliphatic rings. The third-order valence-electron chi connectivity index (χ3n) is 1.79. The van der Waals surface area contributed by atoms with E-state index in [1.165, 1.54) is 19.1 Å². The number of nitrogens with one attached hydrogen (secondary N) is 1. The summed E-state index contributed by atoms with van der Waals surface area (Å²) >= 11 is 0. The van der Waals surface area contributed by atoms with Crippen molar-refractivity contribution in [3.63, 3.8) is 0 Å². The van der Waals surface area contributed by atoms with Gasteiger partial charge in [0.05, 0.1) is 11.3 Å². The van der Waals surface area contributed by atoms with E-state index < -0.39 is 11.7 Å². The highest BCUT2D eigenvalue weighted by Crippen LogP contribution is 2.34. The van der Waals surface area contributed by atoms with Crippen LogP contribution in [0.25, 0.3) is 0 Å². The number of nitrogens with two attached hydrogens (primary N) is 1. The lowest BCUT2D eigenvalue weighted by Crippen LogP contribution is -2.13. The summed E-state index contributed by atoms with van der Waals surface area (Å²) in [5.74, 6) is 5.05. The molecule has 0 unspecified atom stereocenters. The number of hydrogen-bond acceptors (Lipinski definition) is 2. The van der Waals surface area contributed by atoms with Crippen molar-refractivity contribution in [2.75, 3.05) is 5.43 Å². The fourth-order valence-corrected chi connectivity index (χ4v) is 1.10. The molecule has 0 bridgehead atoms. The lowest BCUT2D eigenvalue weighted by atomic mass is 10.1. The first-order valence-corrected chi connectivity index (χ1v) is 3.60. The van der Waals surface area contributed by atoms with Gasteiger partial charge in [-0.1, -0.05) is 6.07 Å².